The number of aromatic nitrogens is 4. The van der Waals surface area contributed by atoms with Crippen molar-refractivity contribution in [3.63, 3.8) is 0 Å². The predicted molar refractivity (Wildman–Crippen MR) is 123 cm³/mol. The number of carbonyl (C=O) groups excluding carboxylic acids is 1. The molecule has 0 fully saturated rings. The number of hydrogen-bond acceptors (Lipinski definition) is 9. The molecule has 9 nitrogen and oxygen atoms in total. The van der Waals surface area contributed by atoms with E-state index in [9.17, 15) is 9.90 Å². The number of aliphatic hydroxyl groups is 1. The van der Waals surface area contributed by atoms with Crippen molar-refractivity contribution >= 4 is 17.4 Å². The first-order valence-corrected chi connectivity index (χ1v) is 10.5. The SMILES string of the molecule is COc1ccccc1Oc1c(Cl)nc(-c2ncccn2)nc1OCC(O)C(=O)c1ccccc1. The van der Waals surface area contributed by atoms with Crippen LogP contribution >= 0.6 is 11.6 Å². The minimum atomic E-state index is -1.45. The lowest BCUT2D eigenvalue weighted by atomic mass is 10.1. The molecule has 34 heavy (non-hydrogen) atoms. The average Bonchev–Trinajstić information content (AvgIpc) is 2.89. The number of Topliss-reactive ketones (excluding diaryl/α,β-unsaturated/α-hetero) is 1. The molecule has 1 N–H and O–H groups in total. The van der Waals surface area contributed by atoms with Crippen molar-refractivity contribution in [2.45, 2.75) is 6.10 Å². The van der Waals surface area contributed by atoms with E-state index >= 15 is 0 Å². The van der Waals surface area contributed by atoms with Crippen LogP contribution in [0.5, 0.6) is 23.1 Å². The summed E-state index contributed by atoms with van der Waals surface area (Å²) in [7, 11) is 1.50. The van der Waals surface area contributed by atoms with Crippen LogP contribution in [0.3, 0.4) is 0 Å². The van der Waals surface area contributed by atoms with Gasteiger partial charge in [-0.3, -0.25) is 4.79 Å². The van der Waals surface area contributed by atoms with Gasteiger partial charge in [-0.1, -0.05) is 54.1 Å². The molecule has 2 heterocycles. The lowest BCUT2D eigenvalue weighted by molar-refractivity contribution is 0.0613. The molecule has 0 amide bonds. The highest BCUT2D eigenvalue weighted by molar-refractivity contribution is 6.31. The van der Waals surface area contributed by atoms with E-state index in [2.05, 4.69) is 19.9 Å². The van der Waals surface area contributed by atoms with Crippen LogP contribution in [0.2, 0.25) is 5.15 Å². The Balaban J connectivity index is 1.66. The fraction of sp³-hybridized carbons (Fsp3) is 0.125. The topological polar surface area (TPSA) is 117 Å². The third-order valence-electron chi connectivity index (χ3n) is 4.58. The van der Waals surface area contributed by atoms with Crippen LogP contribution in [0.1, 0.15) is 10.4 Å². The zero-order valence-corrected chi connectivity index (χ0v) is 18.7. The fourth-order valence-electron chi connectivity index (χ4n) is 2.94. The number of rotatable bonds is 9. The van der Waals surface area contributed by atoms with Crippen molar-refractivity contribution in [1.82, 2.24) is 19.9 Å². The van der Waals surface area contributed by atoms with Gasteiger partial charge in [0.2, 0.25) is 11.6 Å². The molecule has 1 atom stereocenters. The van der Waals surface area contributed by atoms with Crippen molar-refractivity contribution < 1.29 is 24.1 Å². The molecular formula is C24H19ClN4O5. The van der Waals surface area contributed by atoms with E-state index in [1.54, 1.807) is 60.7 Å². The van der Waals surface area contributed by atoms with Gasteiger partial charge in [-0.2, -0.15) is 4.98 Å². The van der Waals surface area contributed by atoms with Crippen molar-refractivity contribution in [2.24, 2.45) is 0 Å². The van der Waals surface area contributed by atoms with Gasteiger partial charge >= 0.3 is 0 Å². The third-order valence-corrected chi connectivity index (χ3v) is 4.84. The summed E-state index contributed by atoms with van der Waals surface area (Å²) in [6.45, 7) is -0.404. The standard InChI is InChI=1S/C24H19ClN4O5/c1-32-17-10-5-6-11-18(17)34-20-21(25)28-23(22-26-12-7-13-27-22)29-24(20)33-14-16(30)19(31)15-8-3-2-4-9-15/h2-13,16,30H,14H2,1H3. The largest absolute Gasteiger partial charge is 0.493 e. The van der Waals surface area contributed by atoms with Gasteiger partial charge in [0.05, 0.1) is 7.11 Å². The summed E-state index contributed by atoms with van der Waals surface area (Å²) >= 11 is 6.42. The molecule has 0 saturated carbocycles. The minimum absolute atomic E-state index is 0.0230. The highest BCUT2D eigenvalue weighted by atomic mass is 35.5. The van der Waals surface area contributed by atoms with Crippen LogP contribution in [0.4, 0.5) is 0 Å². The maximum Gasteiger partial charge on any atom is 0.263 e. The summed E-state index contributed by atoms with van der Waals surface area (Å²) in [5.41, 5.74) is 0.350. The van der Waals surface area contributed by atoms with Crippen LogP contribution in [-0.4, -0.2) is 50.6 Å². The quantitative estimate of drug-likeness (QED) is 0.281. The van der Waals surface area contributed by atoms with E-state index in [1.807, 2.05) is 0 Å². The summed E-state index contributed by atoms with van der Waals surface area (Å²) in [4.78, 5) is 29.3. The van der Waals surface area contributed by atoms with Crippen molar-refractivity contribution in [3.8, 4) is 34.8 Å². The number of ketones is 1. The molecule has 10 heteroatoms. The molecule has 0 aliphatic heterocycles. The Hall–Kier alpha value is -4.08. The maximum atomic E-state index is 12.5. The van der Waals surface area contributed by atoms with E-state index in [0.29, 0.717) is 17.1 Å². The Kier molecular flexibility index (Phi) is 7.26. The summed E-state index contributed by atoms with van der Waals surface area (Å²) in [5.74, 6) is 0.443. The lowest BCUT2D eigenvalue weighted by Crippen LogP contribution is -2.28. The molecule has 2 aromatic carbocycles. The van der Waals surface area contributed by atoms with Crippen LogP contribution in [0.15, 0.2) is 73.1 Å². The second kappa shape index (κ2) is 10.7. The number of ether oxygens (including phenoxy) is 3. The number of halogens is 1. The number of para-hydroxylation sites is 2. The van der Waals surface area contributed by atoms with E-state index in [-0.39, 0.29) is 28.4 Å². The lowest BCUT2D eigenvalue weighted by Gasteiger charge is -2.16. The molecule has 0 aliphatic rings. The number of benzene rings is 2. The first-order valence-electron chi connectivity index (χ1n) is 10.1. The van der Waals surface area contributed by atoms with Gasteiger partial charge in [0.15, 0.2) is 34.4 Å². The van der Waals surface area contributed by atoms with Crippen LogP contribution < -0.4 is 14.2 Å². The zero-order chi connectivity index (χ0) is 23.9. The molecule has 0 bridgehead atoms. The first-order chi connectivity index (χ1) is 16.6. The van der Waals surface area contributed by atoms with Gasteiger partial charge in [0, 0.05) is 18.0 Å². The first kappa shape index (κ1) is 23.1. The van der Waals surface area contributed by atoms with Gasteiger partial charge in [-0.25, -0.2) is 15.0 Å². The Bertz CT molecular complexity index is 1280. The monoisotopic (exact) mass is 478 g/mol. The molecule has 0 aliphatic carbocycles. The number of nitrogens with zero attached hydrogens (tertiary/aromatic N) is 4. The Morgan fingerprint density at radius 3 is 2.32 bits per heavy atom. The molecule has 0 spiro atoms. The number of aliphatic hydroxyl groups excluding tert-OH is 1. The second-order valence-corrected chi connectivity index (χ2v) is 7.21. The van der Waals surface area contributed by atoms with Crippen molar-refractivity contribution in [3.05, 3.63) is 83.8 Å². The molecule has 0 saturated heterocycles. The van der Waals surface area contributed by atoms with E-state index in [1.165, 1.54) is 19.5 Å². The number of hydrogen-bond donors (Lipinski definition) is 1. The smallest absolute Gasteiger partial charge is 0.263 e. The predicted octanol–water partition coefficient (Wildman–Crippen LogP) is 4.01. The second-order valence-electron chi connectivity index (χ2n) is 6.85. The minimum Gasteiger partial charge on any atom is -0.493 e. The summed E-state index contributed by atoms with van der Waals surface area (Å²) in [6.07, 6.45) is 1.61. The van der Waals surface area contributed by atoms with E-state index < -0.39 is 18.5 Å². The Labute approximate surface area is 200 Å². The zero-order valence-electron chi connectivity index (χ0n) is 18.0. The summed E-state index contributed by atoms with van der Waals surface area (Å²) in [5, 5.41) is 10.3. The molecular weight excluding hydrogens is 460 g/mol. The third kappa shape index (κ3) is 5.28. The van der Waals surface area contributed by atoms with E-state index in [4.69, 9.17) is 25.8 Å². The number of carbonyl (C=O) groups is 1. The van der Waals surface area contributed by atoms with Gasteiger partial charge in [0.25, 0.3) is 5.88 Å². The molecule has 2 aromatic heterocycles. The molecule has 4 aromatic rings. The van der Waals surface area contributed by atoms with Gasteiger partial charge in [-0.15, -0.1) is 0 Å². The van der Waals surface area contributed by atoms with E-state index in [0.717, 1.165) is 0 Å². The van der Waals surface area contributed by atoms with Crippen molar-refractivity contribution in [2.75, 3.05) is 13.7 Å². The Morgan fingerprint density at radius 2 is 1.62 bits per heavy atom. The van der Waals surface area contributed by atoms with Crippen LogP contribution in [0.25, 0.3) is 11.6 Å². The fourth-order valence-corrected chi connectivity index (χ4v) is 3.14. The highest BCUT2D eigenvalue weighted by Crippen LogP contribution is 2.40. The van der Waals surface area contributed by atoms with Crippen LogP contribution in [-0.2, 0) is 0 Å². The highest BCUT2D eigenvalue weighted by Gasteiger charge is 2.23. The summed E-state index contributed by atoms with van der Waals surface area (Å²) < 4.78 is 16.9. The van der Waals surface area contributed by atoms with Crippen molar-refractivity contribution in [1.29, 1.82) is 0 Å². The number of methoxy groups -OCH3 is 1. The molecule has 0 radical (unpaired) electrons. The Morgan fingerprint density at radius 1 is 0.941 bits per heavy atom. The van der Waals surface area contributed by atoms with Gasteiger partial charge in [0.1, 0.15) is 6.61 Å². The normalized spacial score (nSPS) is 11.5. The molecule has 4 rings (SSSR count). The van der Waals surface area contributed by atoms with Gasteiger partial charge < -0.3 is 19.3 Å². The molecule has 172 valence electrons. The van der Waals surface area contributed by atoms with Gasteiger partial charge in [-0.05, 0) is 18.2 Å². The summed E-state index contributed by atoms with van der Waals surface area (Å²) in [6, 6.07) is 16.9. The maximum absolute atomic E-state index is 12.5. The average molecular weight is 479 g/mol. The van der Waals surface area contributed by atoms with Crippen LogP contribution in [0, 0.1) is 0 Å². The molecule has 1 unspecified atom stereocenters.